The van der Waals surface area contributed by atoms with E-state index >= 15 is 0 Å². The Morgan fingerprint density at radius 1 is 1.15 bits per heavy atom. The predicted octanol–water partition coefficient (Wildman–Crippen LogP) is 4.18. The van der Waals surface area contributed by atoms with Gasteiger partial charge in [0.25, 0.3) is 0 Å². The van der Waals surface area contributed by atoms with Crippen LogP contribution < -0.4 is 5.32 Å². The molecule has 1 aliphatic carbocycles. The molecule has 2 nitrogen and oxygen atoms in total. The molecule has 0 aliphatic heterocycles. The fraction of sp³-hybridized carbons (Fsp3) is 0.667. The van der Waals surface area contributed by atoms with Gasteiger partial charge >= 0.3 is 0 Å². The summed E-state index contributed by atoms with van der Waals surface area (Å²) in [6.45, 7) is 7.33. The van der Waals surface area contributed by atoms with Crippen LogP contribution in [0.2, 0.25) is 0 Å². The molecule has 2 heteroatoms. The normalized spacial score (nSPS) is 17.1. The molecule has 20 heavy (non-hydrogen) atoms. The van der Waals surface area contributed by atoms with Crippen LogP contribution in [0, 0.1) is 11.8 Å². The molecule has 1 unspecified atom stereocenters. The van der Waals surface area contributed by atoms with Gasteiger partial charge in [0, 0.05) is 13.2 Å². The zero-order valence-electron chi connectivity index (χ0n) is 13.0. The van der Waals surface area contributed by atoms with Crippen molar-refractivity contribution in [3.8, 4) is 0 Å². The minimum atomic E-state index is 0.190. The van der Waals surface area contributed by atoms with Crippen LogP contribution in [0.25, 0.3) is 0 Å². The summed E-state index contributed by atoms with van der Waals surface area (Å²) in [4.78, 5) is 0. The number of rotatable bonds is 9. The van der Waals surface area contributed by atoms with Gasteiger partial charge in [-0.25, -0.2) is 0 Å². The van der Waals surface area contributed by atoms with Gasteiger partial charge in [-0.05, 0) is 30.4 Å². The SMILES string of the molecule is CC(C)CNCC(OCCC1CCC1)c1ccccc1. The summed E-state index contributed by atoms with van der Waals surface area (Å²) in [6.07, 6.45) is 5.65. The van der Waals surface area contributed by atoms with Gasteiger partial charge in [0.1, 0.15) is 0 Å². The van der Waals surface area contributed by atoms with E-state index in [2.05, 4.69) is 49.5 Å². The van der Waals surface area contributed by atoms with Gasteiger partial charge in [0.05, 0.1) is 6.10 Å². The Morgan fingerprint density at radius 3 is 2.50 bits per heavy atom. The van der Waals surface area contributed by atoms with Crippen LogP contribution >= 0.6 is 0 Å². The van der Waals surface area contributed by atoms with E-state index in [0.717, 1.165) is 25.6 Å². The molecule has 0 bridgehead atoms. The molecule has 0 radical (unpaired) electrons. The Kier molecular flexibility index (Phi) is 6.55. The van der Waals surface area contributed by atoms with Crippen molar-refractivity contribution in [3.63, 3.8) is 0 Å². The van der Waals surface area contributed by atoms with Crippen LogP contribution in [0.1, 0.15) is 51.2 Å². The second-order valence-corrected chi connectivity index (χ2v) is 6.41. The molecule has 0 spiro atoms. The zero-order valence-corrected chi connectivity index (χ0v) is 13.0. The van der Waals surface area contributed by atoms with Crippen molar-refractivity contribution in [1.82, 2.24) is 5.32 Å². The van der Waals surface area contributed by atoms with Crippen molar-refractivity contribution in [1.29, 1.82) is 0 Å². The van der Waals surface area contributed by atoms with Crippen LogP contribution in [-0.2, 0) is 4.74 Å². The van der Waals surface area contributed by atoms with E-state index in [1.54, 1.807) is 0 Å². The molecule has 1 atom stereocenters. The largest absolute Gasteiger partial charge is 0.372 e. The summed E-state index contributed by atoms with van der Waals surface area (Å²) in [6, 6.07) is 10.6. The van der Waals surface area contributed by atoms with E-state index in [4.69, 9.17) is 4.74 Å². The first kappa shape index (κ1) is 15.5. The lowest BCUT2D eigenvalue weighted by molar-refractivity contribution is 0.0369. The van der Waals surface area contributed by atoms with E-state index in [-0.39, 0.29) is 6.10 Å². The topological polar surface area (TPSA) is 21.3 Å². The van der Waals surface area contributed by atoms with E-state index in [1.165, 1.54) is 31.2 Å². The molecule has 1 N–H and O–H groups in total. The first-order valence-electron chi connectivity index (χ1n) is 8.13. The monoisotopic (exact) mass is 275 g/mol. The second kappa shape index (κ2) is 8.43. The number of hydrogen-bond acceptors (Lipinski definition) is 2. The third-order valence-electron chi connectivity index (χ3n) is 4.12. The molecular formula is C18H29NO. The summed E-state index contributed by atoms with van der Waals surface area (Å²) in [5.74, 6) is 1.61. The third-order valence-corrected chi connectivity index (χ3v) is 4.12. The predicted molar refractivity (Wildman–Crippen MR) is 84.8 cm³/mol. The molecule has 1 aliphatic rings. The highest BCUT2D eigenvalue weighted by atomic mass is 16.5. The maximum absolute atomic E-state index is 6.15. The lowest BCUT2D eigenvalue weighted by Crippen LogP contribution is -2.27. The Hall–Kier alpha value is -0.860. The molecule has 112 valence electrons. The molecule has 0 heterocycles. The quantitative estimate of drug-likeness (QED) is 0.730. The van der Waals surface area contributed by atoms with Gasteiger partial charge < -0.3 is 10.1 Å². The summed E-state index contributed by atoms with van der Waals surface area (Å²) < 4.78 is 6.15. The Labute approximate surface area is 123 Å². The van der Waals surface area contributed by atoms with Crippen molar-refractivity contribution >= 4 is 0 Å². The highest BCUT2D eigenvalue weighted by Gasteiger charge is 2.18. The average Bonchev–Trinajstić information content (AvgIpc) is 2.40. The van der Waals surface area contributed by atoms with E-state index in [9.17, 15) is 0 Å². The van der Waals surface area contributed by atoms with Crippen molar-refractivity contribution in [2.45, 2.75) is 45.6 Å². The first-order chi connectivity index (χ1) is 9.75. The van der Waals surface area contributed by atoms with Crippen LogP contribution in [-0.4, -0.2) is 19.7 Å². The molecule has 1 aromatic carbocycles. The number of ether oxygens (including phenoxy) is 1. The number of benzene rings is 1. The highest BCUT2D eigenvalue weighted by molar-refractivity contribution is 5.17. The molecule has 2 rings (SSSR count). The maximum Gasteiger partial charge on any atom is 0.0949 e. The molecule has 1 fully saturated rings. The van der Waals surface area contributed by atoms with Crippen molar-refractivity contribution < 1.29 is 4.74 Å². The molecule has 0 aromatic heterocycles. The van der Waals surface area contributed by atoms with E-state index < -0.39 is 0 Å². The minimum Gasteiger partial charge on any atom is -0.372 e. The number of hydrogen-bond donors (Lipinski definition) is 1. The van der Waals surface area contributed by atoms with Crippen molar-refractivity contribution in [2.75, 3.05) is 19.7 Å². The van der Waals surface area contributed by atoms with Gasteiger partial charge in [-0.2, -0.15) is 0 Å². The molecule has 1 saturated carbocycles. The molecule has 0 amide bonds. The van der Waals surface area contributed by atoms with Crippen LogP contribution in [0.4, 0.5) is 0 Å². The minimum absolute atomic E-state index is 0.190. The summed E-state index contributed by atoms with van der Waals surface area (Å²) in [7, 11) is 0. The summed E-state index contributed by atoms with van der Waals surface area (Å²) in [5.41, 5.74) is 1.29. The molecule has 0 saturated heterocycles. The lowest BCUT2D eigenvalue weighted by atomic mass is 9.83. The zero-order chi connectivity index (χ0) is 14.2. The van der Waals surface area contributed by atoms with Gasteiger partial charge in [0.15, 0.2) is 0 Å². The highest BCUT2D eigenvalue weighted by Crippen LogP contribution is 2.30. The van der Waals surface area contributed by atoms with Crippen molar-refractivity contribution in [3.05, 3.63) is 35.9 Å². The first-order valence-corrected chi connectivity index (χ1v) is 8.13. The van der Waals surface area contributed by atoms with Gasteiger partial charge in [-0.1, -0.05) is 63.4 Å². The number of nitrogens with one attached hydrogen (secondary N) is 1. The van der Waals surface area contributed by atoms with E-state index in [0.29, 0.717) is 5.92 Å². The second-order valence-electron chi connectivity index (χ2n) is 6.41. The smallest absolute Gasteiger partial charge is 0.0949 e. The lowest BCUT2D eigenvalue weighted by Gasteiger charge is -2.26. The Balaban J connectivity index is 1.79. The fourth-order valence-electron chi connectivity index (χ4n) is 2.60. The van der Waals surface area contributed by atoms with Gasteiger partial charge in [-0.3, -0.25) is 0 Å². The molecular weight excluding hydrogens is 246 g/mol. The van der Waals surface area contributed by atoms with Gasteiger partial charge in [0.2, 0.25) is 0 Å². The Bertz CT molecular complexity index is 359. The summed E-state index contributed by atoms with van der Waals surface area (Å²) in [5, 5.41) is 3.52. The standard InChI is InChI=1S/C18H29NO/c1-15(2)13-19-14-18(17-9-4-3-5-10-17)20-12-11-16-7-6-8-16/h3-5,9-10,15-16,18-19H,6-8,11-14H2,1-2H3. The maximum atomic E-state index is 6.15. The van der Waals surface area contributed by atoms with E-state index in [1.807, 2.05) is 0 Å². The van der Waals surface area contributed by atoms with Crippen LogP contribution in [0.3, 0.4) is 0 Å². The molecule has 1 aromatic rings. The van der Waals surface area contributed by atoms with Crippen molar-refractivity contribution in [2.24, 2.45) is 11.8 Å². The average molecular weight is 275 g/mol. The van der Waals surface area contributed by atoms with Gasteiger partial charge in [-0.15, -0.1) is 0 Å². The summed E-state index contributed by atoms with van der Waals surface area (Å²) >= 11 is 0. The van der Waals surface area contributed by atoms with Crippen LogP contribution in [0.5, 0.6) is 0 Å². The Morgan fingerprint density at radius 2 is 1.90 bits per heavy atom. The third kappa shape index (κ3) is 5.26. The van der Waals surface area contributed by atoms with Crippen LogP contribution in [0.15, 0.2) is 30.3 Å². The fourth-order valence-corrected chi connectivity index (χ4v) is 2.60.